The zero-order chi connectivity index (χ0) is 42.3. The van der Waals surface area contributed by atoms with E-state index >= 15 is 0 Å². The largest absolute Gasteiger partial charge is 0.466 e. The monoisotopic (exact) mass is 818 g/mol. The molecule has 0 aliphatic rings. The molecule has 0 heterocycles. The number of carbonyl (C=O) groups is 2. The molecule has 0 fully saturated rings. The molecule has 0 aromatic heterocycles. The van der Waals surface area contributed by atoms with E-state index in [2.05, 4.69) is 43.5 Å². The van der Waals surface area contributed by atoms with Crippen molar-refractivity contribution >= 4 is 11.9 Å². The molecule has 0 bridgehead atoms. The number of carbonyl (C=O) groups excluding carboxylic acids is 2. The molecule has 0 saturated carbocycles. The van der Waals surface area contributed by atoms with Crippen molar-refractivity contribution in [2.24, 2.45) is 0 Å². The zero-order valence-electron chi connectivity index (χ0n) is 38.8. The van der Waals surface area contributed by atoms with Gasteiger partial charge < -0.3 is 20.3 Å². The van der Waals surface area contributed by atoms with Gasteiger partial charge in [0.25, 0.3) is 0 Å². The molecule has 2 atom stereocenters. The first-order valence-corrected chi connectivity index (χ1v) is 25.6. The minimum absolute atomic E-state index is 0.0332. The zero-order valence-corrected chi connectivity index (χ0v) is 38.8. The standard InChI is InChI=1S/C52H99NO5/c1-3-5-7-9-11-13-15-17-19-20-21-22-24-28-32-36-40-44-50(55)49(48-54)53-51(56)45-41-37-33-29-26-27-31-35-39-43-47-58-52(57)46-42-38-34-30-25-23-18-16-14-12-10-8-6-4-2/h10,12,16,18,49-50,54-55H,3-9,11,13-15,17,19-48H2,1-2H3,(H,53,56)/b12-10-,18-16-. The van der Waals surface area contributed by atoms with Crippen LogP contribution in [-0.2, 0) is 14.3 Å². The van der Waals surface area contributed by atoms with Crippen molar-refractivity contribution in [3.8, 4) is 0 Å². The molecule has 1 amide bonds. The average Bonchev–Trinajstić information content (AvgIpc) is 3.22. The first-order valence-electron chi connectivity index (χ1n) is 25.6. The molecule has 2 unspecified atom stereocenters. The second-order valence-corrected chi connectivity index (χ2v) is 17.5. The Bertz CT molecular complexity index is 904. The summed E-state index contributed by atoms with van der Waals surface area (Å²) >= 11 is 0. The summed E-state index contributed by atoms with van der Waals surface area (Å²) in [5.41, 5.74) is 0. The number of hydrogen-bond donors (Lipinski definition) is 3. The summed E-state index contributed by atoms with van der Waals surface area (Å²) in [7, 11) is 0. The SMILES string of the molecule is CCCC/C=C\C/C=C\CCCCCCCC(=O)OCCCCCCCCCCCCC(=O)NC(CO)C(O)CCCCCCCCCCCCCCCCCCC. The number of hydrogen-bond acceptors (Lipinski definition) is 5. The number of aliphatic hydroxyl groups is 2. The van der Waals surface area contributed by atoms with Crippen LogP contribution in [-0.4, -0.2) is 47.4 Å². The first kappa shape index (κ1) is 56.3. The van der Waals surface area contributed by atoms with E-state index in [-0.39, 0.29) is 18.5 Å². The van der Waals surface area contributed by atoms with E-state index in [1.807, 2.05) is 0 Å². The molecule has 0 rings (SSSR count). The van der Waals surface area contributed by atoms with Crippen LogP contribution in [0.4, 0.5) is 0 Å². The van der Waals surface area contributed by atoms with Crippen molar-refractivity contribution in [3.63, 3.8) is 0 Å². The van der Waals surface area contributed by atoms with Crippen molar-refractivity contribution in [3.05, 3.63) is 24.3 Å². The lowest BCUT2D eigenvalue weighted by atomic mass is 10.0. The Hall–Kier alpha value is -1.66. The van der Waals surface area contributed by atoms with E-state index in [1.165, 1.54) is 167 Å². The lowest BCUT2D eigenvalue weighted by Gasteiger charge is -2.22. The van der Waals surface area contributed by atoms with Gasteiger partial charge in [-0.3, -0.25) is 9.59 Å². The summed E-state index contributed by atoms with van der Waals surface area (Å²) in [5, 5.41) is 23.2. The van der Waals surface area contributed by atoms with Crippen molar-refractivity contribution in [2.45, 2.75) is 283 Å². The molecule has 6 heteroatoms. The fraction of sp³-hybridized carbons (Fsp3) is 0.885. The molecule has 0 radical (unpaired) electrons. The van der Waals surface area contributed by atoms with E-state index in [0.29, 0.717) is 25.9 Å². The fourth-order valence-corrected chi connectivity index (χ4v) is 7.77. The third-order valence-electron chi connectivity index (χ3n) is 11.8. The van der Waals surface area contributed by atoms with Gasteiger partial charge >= 0.3 is 5.97 Å². The van der Waals surface area contributed by atoms with Crippen molar-refractivity contribution < 1.29 is 24.5 Å². The van der Waals surface area contributed by atoms with E-state index in [1.54, 1.807) is 0 Å². The molecule has 3 N–H and O–H groups in total. The van der Waals surface area contributed by atoms with Crippen LogP contribution in [0, 0.1) is 0 Å². The number of allylic oxidation sites excluding steroid dienone is 4. The molecular weight excluding hydrogens is 719 g/mol. The summed E-state index contributed by atoms with van der Waals surface area (Å²) in [6, 6.07) is -0.559. The second kappa shape index (κ2) is 48.0. The molecule has 0 saturated heterocycles. The van der Waals surface area contributed by atoms with Crippen LogP contribution in [0.1, 0.15) is 271 Å². The van der Waals surface area contributed by atoms with Crippen LogP contribution in [0.5, 0.6) is 0 Å². The van der Waals surface area contributed by atoms with Gasteiger partial charge in [-0.15, -0.1) is 0 Å². The van der Waals surface area contributed by atoms with E-state index in [4.69, 9.17) is 4.74 Å². The van der Waals surface area contributed by atoms with E-state index in [9.17, 15) is 19.8 Å². The van der Waals surface area contributed by atoms with Gasteiger partial charge in [0.15, 0.2) is 0 Å². The smallest absolute Gasteiger partial charge is 0.305 e. The van der Waals surface area contributed by atoms with Crippen molar-refractivity contribution in [1.82, 2.24) is 5.32 Å². The quantitative estimate of drug-likeness (QED) is 0.0323. The third kappa shape index (κ3) is 43.9. The minimum atomic E-state index is -0.679. The number of ether oxygens (including phenoxy) is 1. The van der Waals surface area contributed by atoms with Gasteiger partial charge in [-0.25, -0.2) is 0 Å². The lowest BCUT2D eigenvalue weighted by molar-refractivity contribution is -0.143. The van der Waals surface area contributed by atoms with E-state index < -0.39 is 12.1 Å². The summed E-state index contributed by atoms with van der Waals surface area (Å²) in [4.78, 5) is 24.5. The van der Waals surface area contributed by atoms with Crippen LogP contribution in [0.2, 0.25) is 0 Å². The number of rotatable bonds is 47. The second-order valence-electron chi connectivity index (χ2n) is 17.5. The summed E-state index contributed by atoms with van der Waals surface area (Å²) in [5.74, 6) is -0.0911. The highest BCUT2D eigenvalue weighted by Crippen LogP contribution is 2.16. The van der Waals surface area contributed by atoms with Gasteiger partial charge in [0.1, 0.15) is 0 Å². The first-order chi connectivity index (χ1) is 28.5. The van der Waals surface area contributed by atoms with Crippen molar-refractivity contribution in [1.29, 1.82) is 0 Å². The molecule has 0 aliphatic heterocycles. The highest BCUT2D eigenvalue weighted by Gasteiger charge is 2.20. The van der Waals surface area contributed by atoms with Gasteiger partial charge in [-0.05, 0) is 51.4 Å². The summed E-state index contributed by atoms with van der Waals surface area (Å²) in [6.45, 7) is 4.86. The molecular formula is C52H99NO5. The molecule has 0 aromatic carbocycles. The fourth-order valence-electron chi connectivity index (χ4n) is 7.77. The Kier molecular flexibility index (Phi) is 46.6. The number of esters is 1. The third-order valence-corrected chi connectivity index (χ3v) is 11.8. The average molecular weight is 818 g/mol. The number of unbranched alkanes of at least 4 members (excludes halogenated alkanes) is 32. The summed E-state index contributed by atoms with van der Waals surface area (Å²) in [6.07, 6.45) is 55.7. The van der Waals surface area contributed by atoms with Gasteiger partial charge in [-0.2, -0.15) is 0 Å². The molecule has 0 aliphatic carbocycles. The van der Waals surface area contributed by atoms with Crippen LogP contribution in [0.3, 0.4) is 0 Å². The van der Waals surface area contributed by atoms with Gasteiger partial charge in [-0.1, -0.05) is 231 Å². The molecule has 6 nitrogen and oxygen atoms in total. The highest BCUT2D eigenvalue weighted by atomic mass is 16.5. The number of aliphatic hydroxyl groups excluding tert-OH is 2. The van der Waals surface area contributed by atoms with Gasteiger partial charge in [0.05, 0.1) is 25.4 Å². The molecule has 0 aromatic rings. The maximum Gasteiger partial charge on any atom is 0.305 e. The maximum atomic E-state index is 12.5. The highest BCUT2D eigenvalue weighted by molar-refractivity contribution is 5.76. The predicted octanol–water partition coefficient (Wildman–Crippen LogP) is 15.1. The minimum Gasteiger partial charge on any atom is -0.466 e. The van der Waals surface area contributed by atoms with Crippen LogP contribution < -0.4 is 5.32 Å². The molecule has 0 spiro atoms. The van der Waals surface area contributed by atoms with Crippen LogP contribution in [0.15, 0.2) is 24.3 Å². The van der Waals surface area contributed by atoms with Gasteiger partial charge in [0.2, 0.25) is 5.91 Å². The Labute approximate surface area is 361 Å². The summed E-state index contributed by atoms with van der Waals surface area (Å²) < 4.78 is 5.44. The maximum absolute atomic E-state index is 12.5. The number of nitrogens with one attached hydrogen (secondary N) is 1. The topological polar surface area (TPSA) is 95.9 Å². The molecule has 342 valence electrons. The Balaban J connectivity index is 3.50. The lowest BCUT2D eigenvalue weighted by Crippen LogP contribution is -2.45. The Morgan fingerprint density at radius 1 is 0.483 bits per heavy atom. The van der Waals surface area contributed by atoms with Gasteiger partial charge in [0, 0.05) is 12.8 Å². The number of amides is 1. The van der Waals surface area contributed by atoms with E-state index in [0.717, 1.165) is 70.6 Å². The Morgan fingerprint density at radius 2 is 0.879 bits per heavy atom. The van der Waals surface area contributed by atoms with Crippen molar-refractivity contribution in [2.75, 3.05) is 13.2 Å². The Morgan fingerprint density at radius 3 is 1.36 bits per heavy atom. The molecule has 58 heavy (non-hydrogen) atoms. The van der Waals surface area contributed by atoms with Crippen LogP contribution >= 0.6 is 0 Å². The predicted molar refractivity (Wildman–Crippen MR) is 250 cm³/mol. The van der Waals surface area contributed by atoms with Crippen LogP contribution in [0.25, 0.3) is 0 Å². The normalized spacial score (nSPS) is 12.8.